The van der Waals surface area contributed by atoms with Gasteiger partial charge in [-0.25, -0.2) is 8.42 Å². The van der Waals surface area contributed by atoms with E-state index in [1.165, 1.54) is 0 Å². The zero-order chi connectivity index (χ0) is 14.0. The maximum atomic E-state index is 11.9. The molecule has 0 radical (unpaired) electrons. The van der Waals surface area contributed by atoms with Gasteiger partial charge in [-0.3, -0.25) is 0 Å². The predicted molar refractivity (Wildman–Crippen MR) is 83.9 cm³/mol. The molecule has 0 aliphatic carbocycles. The predicted octanol–water partition coefficient (Wildman–Crippen LogP) is 3.84. The van der Waals surface area contributed by atoms with Gasteiger partial charge in [-0.1, -0.05) is 6.07 Å². The number of sulfone groups is 1. The van der Waals surface area contributed by atoms with Crippen molar-refractivity contribution < 1.29 is 8.42 Å². The van der Waals surface area contributed by atoms with Crippen molar-refractivity contribution in [3.63, 3.8) is 0 Å². The fraction of sp³-hybridized carbons (Fsp3) is 0.500. The molecule has 18 heavy (non-hydrogen) atoms. The van der Waals surface area contributed by atoms with Crippen LogP contribution in [0.1, 0.15) is 20.8 Å². The van der Waals surface area contributed by atoms with Crippen molar-refractivity contribution in [2.45, 2.75) is 25.5 Å². The molecule has 0 amide bonds. The average Bonchev–Trinajstić information content (AvgIpc) is 2.20. The van der Waals surface area contributed by atoms with E-state index >= 15 is 0 Å². The molecule has 0 saturated heterocycles. The third-order valence-corrected chi connectivity index (χ3v) is 6.50. The lowest BCUT2D eigenvalue weighted by Crippen LogP contribution is -2.32. The number of para-hydroxylation sites is 1. The number of halogens is 2. The summed E-state index contributed by atoms with van der Waals surface area (Å²) in [5, 5.41) is 3.14. The summed E-state index contributed by atoms with van der Waals surface area (Å²) >= 11 is 6.85. The van der Waals surface area contributed by atoms with Crippen LogP contribution in [-0.4, -0.2) is 25.5 Å². The van der Waals surface area contributed by atoms with Crippen LogP contribution >= 0.6 is 31.9 Å². The molecular weight excluding hydrogens is 382 g/mol. The Labute approximate surface area is 126 Å². The number of anilines is 1. The lowest BCUT2D eigenvalue weighted by atomic mass is 10.3. The van der Waals surface area contributed by atoms with Crippen molar-refractivity contribution in [2.75, 3.05) is 17.6 Å². The Kier molecular flexibility index (Phi) is 5.26. The smallest absolute Gasteiger partial charge is 0.156 e. The standard InChI is InChI=1S/C12H17Br2NO2S/c1-12(2,3)18(16,17)8-7-15-11-9(13)5-4-6-10(11)14/h4-6,15H,7-8H2,1-3H3. The molecule has 0 spiro atoms. The Morgan fingerprint density at radius 3 is 2.11 bits per heavy atom. The van der Waals surface area contributed by atoms with Gasteiger partial charge >= 0.3 is 0 Å². The molecule has 0 aromatic heterocycles. The SMILES string of the molecule is CC(C)(C)S(=O)(=O)CCNc1c(Br)cccc1Br. The van der Waals surface area contributed by atoms with Crippen molar-refractivity contribution in [2.24, 2.45) is 0 Å². The van der Waals surface area contributed by atoms with Crippen LogP contribution in [0.3, 0.4) is 0 Å². The van der Waals surface area contributed by atoms with Gasteiger partial charge in [-0.15, -0.1) is 0 Å². The van der Waals surface area contributed by atoms with Gasteiger partial charge in [0.15, 0.2) is 9.84 Å². The maximum Gasteiger partial charge on any atom is 0.156 e. The molecule has 3 nitrogen and oxygen atoms in total. The fourth-order valence-electron chi connectivity index (χ4n) is 1.28. The Morgan fingerprint density at radius 1 is 1.17 bits per heavy atom. The molecule has 0 aliphatic rings. The molecule has 0 bridgehead atoms. The second-order valence-corrected chi connectivity index (χ2v) is 9.53. The van der Waals surface area contributed by atoms with E-state index < -0.39 is 14.6 Å². The van der Waals surface area contributed by atoms with Gasteiger partial charge < -0.3 is 5.32 Å². The molecule has 0 atom stereocenters. The van der Waals surface area contributed by atoms with Gasteiger partial charge in [0.05, 0.1) is 16.2 Å². The van der Waals surface area contributed by atoms with E-state index in [1.54, 1.807) is 20.8 Å². The highest BCUT2D eigenvalue weighted by Gasteiger charge is 2.28. The van der Waals surface area contributed by atoms with Gasteiger partial charge in [0.1, 0.15) is 0 Å². The molecule has 0 fully saturated rings. The summed E-state index contributed by atoms with van der Waals surface area (Å²) in [6, 6.07) is 5.72. The van der Waals surface area contributed by atoms with E-state index in [0.717, 1.165) is 14.6 Å². The lowest BCUT2D eigenvalue weighted by Gasteiger charge is -2.19. The van der Waals surface area contributed by atoms with Gasteiger partial charge in [0.2, 0.25) is 0 Å². The van der Waals surface area contributed by atoms with Gasteiger partial charge in [-0.2, -0.15) is 0 Å². The number of hydrogen-bond donors (Lipinski definition) is 1. The summed E-state index contributed by atoms with van der Waals surface area (Å²) in [7, 11) is -3.09. The fourth-order valence-corrected chi connectivity index (χ4v) is 3.55. The van der Waals surface area contributed by atoms with Crippen LogP contribution in [-0.2, 0) is 9.84 Å². The quantitative estimate of drug-likeness (QED) is 0.837. The number of benzene rings is 1. The molecular formula is C12H17Br2NO2S. The van der Waals surface area contributed by atoms with Crippen molar-refractivity contribution in [1.29, 1.82) is 0 Å². The summed E-state index contributed by atoms with van der Waals surface area (Å²) in [5.41, 5.74) is 0.876. The summed E-state index contributed by atoms with van der Waals surface area (Å²) in [6.07, 6.45) is 0. The summed E-state index contributed by atoms with van der Waals surface area (Å²) in [4.78, 5) is 0. The maximum absolute atomic E-state index is 11.9. The first-order valence-electron chi connectivity index (χ1n) is 5.55. The minimum atomic E-state index is -3.09. The monoisotopic (exact) mass is 397 g/mol. The Bertz CT molecular complexity index is 501. The van der Waals surface area contributed by atoms with E-state index in [9.17, 15) is 8.42 Å². The van der Waals surface area contributed by atoms with E-state index in [2.05, 4.69) is 37.2 Å². The molecule has 102 valence electrons. The van der Waals surface area contributed by atoms with Gasteiger partial charge in [-0.05, 0) is 64.8 Å². The van der Waals surface area contributed by atoms with Gasteiger partial charge in [0.25, 0.3) is 0 Å². The highest BCUT2D eigenvalue weighted by Crippen LogP contribution is 2.30. The largest absolute Gasteiger partial charge is 0.382 e. The van der Waals surface area contributed by atoms with E-state index in [4.69, 9.17) is 0 Å². The highest BCUT2D eigenvalue weighted by molar-refractivity contribution is 9.11. The number of nitrogens with one attached hydrogen (secondary N) is 1. The molecule has 1 N–H and O–H groups in total. The lowest BCUT2D eigenvalue weighted by molar-refractivity contribution is 0.560. The molecule has 1 aromatic rings. The Hall–Kier alpha value is -0.0700. The molecule has 6 heteroatoms. The van der Waals surface area contributed by atoms with Crippen LogP contribution in [0, 0.1) is 0 Å². The topological polar surface area (TPSA) is 46.2 Å². The molecule has 0 aliphatic heterocycles. The van der Waals surface area contributed by atoms with E-state index in [0.29, 0.717) is 6.54 Å². The number of rotatable bonds is 4. The minimum Gasteiger partial charge on any atom is -0.382 e. The van der Waals surface area contributed by atoms with Crippen molar-refractivity contribution >= 4 is 47.4 Å². The first-order chi connectivity index (χ1) is 8.15. The average molecular weight is 399 g/mol. The normalized spacial score (nSPS) is 12.5. The summed E-state index contributed by atoms with van der Waals surface area (Å²) < 4.78 is 25.0. The van der Waals surface area contributed by atoms with Crippen molar-refractivity contribution in [3.05, 3.63) is 27.1 Å². The molecule has 0 saturated carbocycles. The second-order valence-electron chi connectivity index (χ2n) is 4.95. The third kappa shape index (κ3) is 3.96. The summed E-state index contributed by atoms with van der Waals surface area (Å²) in [6.45, 7) is 5.55. The molecule has 1 aromatic carbocycles. The van der Waals surface area contributed by atoms with Crippen LogP contribution in [0.25, 0.3) is 0 Å². The summed E-state index contributed by atoms with van der Waals surface area (Å²) in [5.74, 6) is 0.115. The van der Waals surface area contributed by atoms with Crippen molar-refractivity contribution in [3.8, 4) is 0 Å². The molecule has 0 unspecified atom stereocenters. The minimum absolute atomic E-state index is 0.115. The van der Waals surface area contributed by atoms with E-state index in [-0.39, 0.29) is 5.75 Å². The van der Waals surface area contributed by atoms with Gasteiger partial charge in [0, 0.05) is 15.5 Å². The first kappa shape index (κ1) is 16.0. The molecule has 0 heterocycles. The second kappa shape index (κ2) is 5.92. The van der Waals surface area contributed by atoms with Crippen LogP contribution in [0.4, 0.5) is 5.69 Å². The zero-order valence-electron chi connectivity index (χ0n) is 10.6. The Morgan fingerprint density at radius 2 is 1.67 bits per heavy atom. The highest BCUT2D eigenvalue weighted by atomic mass is 79.9. The van der Waals surface area contributed by atoms with E-state index in [1.807, 2.05) is 18.2 Å². The van der Waals surface area contributed by atoms with Crippen LogP contribution in [0.5, 0.6) is 0 Å². The van der Waals surface area contributed by atoms with Crippen LogP contribution in [0.15, 0.2) is 27.1 Å². The number of hydrogen-bond acceptors (Lipinski definition) is 3. The van der Waals surface area contributed by atoms with Crippen LogP contribution in [0.2, 0.25) is 0 Å². The zero-order valence-corrected chi connectivity index (χ0v) is 14.6. The third-order valence-electron chi connectivity index (χ3n) is 2.57. The Balaban J connectivity index is 2.69. The van der Waals surface area contributed by atoms with Crippen molar-refractivity contribution in [1.82, 2.24) is 0 Å². The first-order valence-corrected chi connectivity index (χ1v) is 8.79. The molecule has 1 rings (SSSR count). The van der Waals surface area contributed by atoms with Crippen LogP contribution < -0.4 is 5.32 Å².